The Bertz CT molecular complexity index is 981. The molecule has 8 heteroatoms. The van der Waals surface area contributed by atoms with Crippen molar-refractivity contribution in [1.29, 1.82) is 0 Å². The van der Waals surface area contributed by atoms with Gasteiger partial charge in [0.2, 0.25) is 0 Å². The first-order valence-electron chi connectivity index (χ1n) is 7.18. The van der Waals surface area contributed by atoms with Crippen molar-refractivity contribution in [2.24, 2.45) is 0 Å². The second-order valence-electron chi connectivity index (χ2n) is 5.37. The molecule has 0 saturated heterocycles. The maximum absolute atomic E-state index is 12.6. The zero-order valence-corrected chi connectivity index (χ0v) is 12.9. The molecule has 23 heavy (non-hydrogen) atoms. The molecule has 7 nitrogen and oxygen atoms in total. The molecule has 0 saturated carbocycles. The van der Waals surface area contributed by atoms with Crippen LogP contribution < -0.4 is 10.0 Å². The SMILES string of the molecule is O=S(=O)(Nc1ccc2c(c1)CNCC2)c1nccc2oncc12. The van der Waals surface area contributed by atoms with Crippen LogP contribution in [0.25, 0.3) is 11.0 Å². The van der Waals surface area contributed by atoms with Crippen LogP contribution in [0.2, 0.25) is 0 Å². The fraction of sp³-hybridized carbons (Fsp3) is 0.200. The van der Waals surface area contributed by atoms with Crippen LogP contribution in [0.3, 0.4) is 0 Å². The van der Waals surface area contributed by atoms with Crippen LogP contribution in [0, 0.1) is 0 Å². The van der Waals surface area contributed by atoms with E-state index in [2.05, 4.69) is 20.2 Å². The summed E-state index contributed by atoms with van der Waals surface area (Å²) in [6.07, 6.45) is 3.69. The van der Waals surface area contributed by atoms with E-state index in [1.807, 2.05) is 12.1 Å². The summed E-state index contributed by atoms with van der Waals surface area (Å²) >= 11 is 0. The number of aromatic nitrogens is 2. The number of anilines is 1. The number of nitrogens with zero attached hydrogens (tertiary/aromatic N) is 2. The molecule has 2 aromatic heterocycles. The highest BCUT2D eigenvalue weighted by Crippen LogP contribution is 2.24. The minimum atomic E-state index is -3.82. The van der Waals surface area contributed by atoms with Gasteiger partial charge in [-0.2, -0.15) is 8.42 Å². The lowest BCUT2D eigenvalue weighted by molar-refractivity contribution is 0.456. The highest BCUT2D eigenvalue weighted by Gasteiger charge is 2.21. The summed E-state index contributed by atoms with van der Waals surface area (Å²) in [5.41, 5.74) is 3.25. The summed E-state index contributed by atoms with van der Waals surface area (Å²) in [7, 11) is -3.82. The van der Waals surface area contributed by atoms with Crippen molar-refractivity contribution >= 4 is 26.7 Å². The Hall–Kier alpha value is -2.45. The Morgan fingerprint density at radius 1 is 1.22 bits per heavy atom. The number of hydrogen-bond donors (Lipinski definition) is 2. The first-order chi connectivity index (χ1) is 11.1. The van der Waals surface area contributed by atoms with Crippen LogP contribution in [0.5, 0.6) is 0 Å². The topological polar surface area (TPSA) is 97.1 Å². The zero-order chi connectivity index (χ0) is 15.9. The molecule has 0 radical (unpaired) electrons. The van der Waals surface area contributed by atoms with Crippen LogP contribution in [0.1, 0.15) is 11.1 Å². The van der Waals surface area contributed by atoms with Gasteiger partial charge in [0.25, 0.3) is 10.0 Å². The normalized spacial score (nSPS) is 14.6. The Kier molecular flexibility index (Phi) is 3.28. The lowest BCUT2D eigenvalue weighted by Gasteiger charge is -2.18. The van der Waals surface area contributed by atoms with Gasteiger partial charge >= 0.3 is 0 Å². The summed E-state index contributed by atoms with van der Waals surface area (Å²) in [6.45, 7) is 1.68. The average molecular weight is 330 g/mol. The first-order valence-corrected chi connectivity index (χ1v) is 8.66. The highest BCUT2D eigenvalue weighted by atomic mass is 32.2. The first kappa shape index (κ1) is 14.2. The molecule has 0 atom stereocenters. The van der Waals surface area contributed by atoms with Gasteiger partial charge < -0.3 is 9.84 Å². The van der Waals surface area contributed by atoms with Gasteiger partial charge in [-0.05, 0) is 36.2 Å². The molecule has 0 spiro atoms. The van der Waals surface area contributed by atoms with Crippen molar-refractivity contribution in [3.05, 3.63) is 47.8 Å². The van der Waals surface area contributed by atoms with E-state index in [1.54, 1.807) is 12.1 Å². The van der Waals surface area contributed by atoms with E-state index in [-0.39, 0.29) is 5.03 Å². The predicted octanol–water partition coefficient (Wildman–Crippen LogP) is 1.67. The Morgan fingerprint density at radius 2 is 2.13 bits per heavy atom. The van der Waals surface area contributed by atoms with Crippen molar-refractivity contribution in [3.63, 3.8) is 0 Å². The van der Waals surface area contributed by atoms with Crippen molar-refractivity contribution < 1.29 is 12.9 Å². The van der Waals surface area contributed by atoms with Gasteiger partial charge in [-0.1, -0.05) is 11.2 Å². The van der Waals surface area contributed by atoms with E-state index in [4.69, 9.17) is 4.52 Å². The second kappa shape index (κ2) is 5.32. The van der Waals surface area contributed by atoms with Gasteiger partial charge in [0.1, 0.15) is 0 Å². The number of rotatable bonds is 3. The van der Waals surface area contributed by atoms with Crippen LogP contribution in [-0.4, -0.2) is 25.1 Å². The predicted molar refractivity (Wildman–Crippen MR) is 84.5 cm³/mol. The van der Waals surface area contributed by atoms with E-state index in [9.17, 15) is 8.42 Å². The zero-order valence-electron chi connectivity index (χ0n) is 12.1. The summed E-state index contributed by atoms with van der Waals surface area (Å²) < 4.78 is 32.8. The fourth-order valence-electron chi connectivity index (χ4n) is 2.73. The standard InChI is InChI=1S/C15H14N4O3S/c20-23(21,15-13-9-18-22-14(13)4-6-17-15)19-12-2-1-10-3-5-16-8-11(10)7-12/h1-2,4,6-7,9,16,19H,3,5,8H2. The molecule has 0 bridgehead atoms. The molecular weight excluding hydrogens is 316 g/mol. The average Bonchev–Trinajstić information content (AvgIpc) is 3.02. The van der Waals surface area contributed by atoms with E-state index in [1.165, 1.54) is 18.0 Å². The molecule has 0 aliphatic carbocycles. The van der Waals surface area contributed by atoms with Crippen LogP contribution in [-0.2, 0) is 23.0 Å². The van der Waals surface area contributed by atoms with Crippen molar-refractivity contribution in [2.45, 2.75) is 18.0 Å². The number of sulfonamides is 1. The quantitative estimate of drug-likeness (QED) is 0.758. The minimum Gasteiger partial charge on any atom is -0.356 e. The largest absolute Gasteiger partial charge is 0.356 e. The van der Waals surface area contributed by atoms with Crippen LogP contribution in [0.15, 0.2) is 46.2 Å². The maximum Gasteiger partial charge on any atom is 0.280 e. The molecule has 0 unspecified atom stereocenters. The summed E-state index contributed by atoms with van der Waals surface area (Å²) in [5.74, 6) is 0. The number of pyridine rings is 1. The minimum absolute atomic E-state index is 0.0907. The Balaban J connectivity index is 1.71. The van der Waals surface area contributed by atoms with Gasteiger partial charge in [0.15, 0.2) is 10.6 Å². The smallest absolute Gasteiger partial charge is 0.280 e. The third-order valence-corrected chi connectivity index (χ3v) is 5.18. The molecule has 1 aromatic carbocycles. The van der Waals surface area contributed by atoms with Gasteiger partial charge in [-0.3, -0.25) is 4.72 Å². The third kappa shape index (κ3) is 2.55. The lowest BCUT2D eigenvalue weighted by Crippen LogP contribution is -2.24. The van der Waals surface area contributed by atoms with Gasteiger partial charge in [0.05, 0.1) is 11.6 Å². The van der Waals surface area contributed by atoms with Crippen molar-refractivity contribution in [2.75, 3.05) is 11.3 Å². The highest BCUT2D eigenvalue weighted by molar-refractivity contribution is 7.92. The second-order valence-corrected chi connectivity index (χ2v) is 6.97. The molecule has 1 aliphatic heterocycles. The summed E-state index contributed by atoms with van der Waals surface area (Å²) in [4.78, 5) is 3.97. The Labute approximate surface area is 132 Å². The fourth-order valence-corrected chi connectivity index (χ4v) is 3.91. The molecule has 3 aromatic rings. The lowest BCUT2D eigenvalue weighted by atomic mass is 10.0. The van der Waals surface area contributed by atoms with Gasteiger partial charge in [-0.25, -0.2) is 4.98 Å². The Morgan fingerprint density at radius 3 is 3.04 bits per heavy atom. The number of benzene rings is 1. The van der Waals surface area contributed by atoms with E-state index in [0.29, 0.717) is 16.7 Å². The molecule has 118 valence electrons. The number of fused-ring (bicyclic) bond motifs is 2. The monoisotopic (exact) mass is 330 g/mol. The number of nitrogens with one attached hydrogen (secondary N) is 2. The van der Waals surface area contributed by atoms with Crippen LogP contribution in [0.4, 0.5) is 5.69 Å². The molecule has 1 aliphatic rings. The summed E-state index contributed by atoms with van der Waals surface area (Å²) in [5, 5.41) is 7.17. The van der Waals surface area contributed by atoms with Crippen LogP contribution >= 0.6 is 0 Å². The van der Waals surface area contributed by atoms with E-state index in [0.717, 1.165) is 25.1 Å². The molecule has 3 heterocycles. The van der Waals surface area contributed by atoms with Crippen molar-refractivity contribution in [1.82, 2.24) is 15.5 Å². The van der Waals surface area contributed by atoms with E-state index >= 15 is 0 Å². The molecular formula is C15H14N4O3S. The molecule has 2 N–H and O–H groups in total. The molecule has 0 amide bonds. The molecule has 4 rings (SSSR count). The van der Waals surface area contributed by atoms with Crippen molar-refractivity contribution in [3.8, 4) is 0 Å². The summed E-state index contributed by atoms with van der Waals surface area (Å²) in [6, 6.07) is 7.16. The van der Waals surface area contributed by atoms with Gasteiger partial charge in [0, 0.05) is 24.5 Å². The van der Waals surface area contributed by atoms with E-state index < -0.39 is 10.0 Å². The molecule has 0 fully saturated rings. The maximum atomic E-state index is 12.6. The third-order valence-electron chi connectivity index (χ3n) is 3.85. The van der Waals surface area contributed by atoms with Gasteiger partial charge in [-0.15, -0.1) is 0 Å². The number of hydrogen-bond acceptors (Lipinski definition) is 6.